The number of aromatic nitrogens is 1. The molecule has 8 nitrogen and oxygen atoms in total. The minimum atomic E-state index is -5.99. The number of nitrogens with one attached hydrogen (secondary N) is 4. The van der Waals surface area contributed by atoms with Crippen molar-refractivity contribution in [1.29, 1.82) is 0 Å². The van der Waals surface area contributed by atoms with Crippen LogP contribution in [-0.4, -0.2) is 41.2 Å². The molecule has 0 saturated heterocycles. The zero-order valence-corrected chi connectivity index (χ0v) is 27.7. The lowest BCUT2D eigenvalue weighted by Gasteiger charge is -2.30. The van der Waals surface area contributed by atoms with Crippen LogP contribution in [0, 0.1) is 5.82 Å². The van der Waals surface area contributed by atoms with Crippen molar-refractivity contribution < 1.29 is 40.3 Å². The van der Waals surface area contributed by atoms with Crippen molar-refractivity contribution in [3.8, 4) is 0 Å². The van der Waals surface area contributed by atoms with Crippen LogP contribution in [0.1, 0.15) is 28.0 Å². The van der Waals surface area contributed by atoms with E-state index in [0.29, 0.717) is 16.8 Å². The van der Waals surface area contributed by atoms with Crippen LogP contribution >= 0.6 is 55.1 Å². The third-order valence-electron chi connectivity index (χ3n) is 5.57. The second-order valence-electron chi connectivity index (χ2n) is 9.14. The number of rotatable bonds is 9. The average molecular weight is 820 g/mol. The SMILES string of the molecule is CC(NC(=O)c1ccc(Br)cn1)Nc1ccc(Cl)cc1.O=C(NC(Nc1ccc(Cl)c(F)c1)C(F)(F)C(F)(F)F)c1cc(Br)co1. The van der Waals surface area contributed by atoms with E-state index in [4.69, 9.17) is 27.6 Å². The van der Waals surface area contributed by atoms with Crippen molar-refractivity contribution in [2.24, 2.45) is 0 Å². The summed E-state index contributed by atoms with van der Waals surface area (Å²) >= 11 is 17.5. The normalized spacial score (nSPS) is 12.7. The molecular weight excluding hydrogens is 799 g/mol. The first-order chi connectivity index (χ1) is 21.5. The number of hydrogen-bond donors (Lipinski definition) is 4. The number of furan rings is 1. The van der Waals surface area contributed by atoms with Gasteiger partial charge >= 0.3 is 12.1 Å². The second-order valence-corrected chi connectivity index (χ2v) is 11.8. The van der Waals surface area contributed by atoms with Gasteiger partial charge in [0.2, 0.25) is 0 Å². The molecule has 0 aliphatic carbocycles. The molecule has 246 valence electrons. The second kappa shape index (κ2) is 15.9. The van der Waals surface area contributed by atoms with Crippen LogP contribution in [0.4, 0.5) is 37.7 Å². The van der Waals surface area contributed by atoms with Gasteiger partial charge in [-0.2, -0.15) is 22.0 Å². The number of amides is 2. The molecule has 0 saturated carbocycles. The molecule has 0 aliphatic rings. The summed E-state index contributed by atoms with van der Waals surface area (Å²) in [6, 6.07) is 14.3. The highest BCUT2D eigenvalue weighted by Gasteiger charge is 2.63. The lowest BCUT2D eigenvalue weighted by Crippen LogP contribution is -2.59. The van der Waals surface area contributed by atoms with Gasteiger partial charge in [0.25, 0.3) is 11.8 Å². The molecule has 0 spiro atoms. The van der Waals surface area contributed by atoms with Crippen molar-refractivity contribution in [3.05, 3.63) is 109 Å². The van der Waals surface area contributed by atoms with E-state index in [9.17, 15) is 35.9 Å². The van der Waals surface area contributed by atoms with E-state index >= 15 is 0 Å². The molecule has 4 N–H and O–H groups in total. The zero-order valence-electron chi connectivity index (χ0n) is 23.0. The van der Waals surface area contributed by atoms with E-state index in [1.54, 1.807) is 35.8 Å². The lowest BCUT2D eigenvalue weighted by atomic mass is 10.2. The summed E-state index contributed by atoms with van der Waals surface area (Å²) in [5.74, 6) is -8.52. The Balaban J connectivity index is 0.000000259. The maximum atomic E-state index is 13.8. The van der Waals surface area contributed by atoms with Gasteiger partial charge in [-0.3, -0.25) is 9.59 Å². The van der Waals surface area contributed by atoms with Crippen LogP contribution in [0.5, 0.6) is 0 Å². The van der Waals surface area contributed by atoms with Gasteiger partial charge in [-0.15, -0.1) is 0 Å². The third kappa shape index (κ3) is 10.5. The van der Waals surface area contributed by atoms with Crippen LogP contribution in [-0.2, 0) is 0 Å². The number of pyridine rings is 1. The fourth-order valence-corrected chi connectivity index (χ4v) is 4.16. The van der Waals surface area contributed by atoms with Crippen molar-refractivity contribution in [1.82, 2.24) is 15.6 Å². The average Bonchev–Trinajstić information content (AvgIpc) is 3.42. The van der Waals surface area contributed by atoms with Gasteiger partial charge in [-0.1, -0.05) is 23.2 Å². The minimum Gasteiger partial charge on any atom is -0.458 e. The number of nitrogens with zero attached hydrogens (tertiary/aromatic N) is 1. The molecule has 2 amide bonds. The molecule has 0 aliphatic heterocycles. The monoisotopic (exact) mass is 817 g/mol. The Morgan fingerprint density at radius 2 is 1.50 bits per heavy atom. The molecule has 18 heteroatoms. The van der Waals surface area contributed by atoms with Crippen LogP contribution in [0.2, 0.25) is 10.0 Å². The van der Waals surface area contributed by atoms with Crippen molar-refractivity contribution in [2.75, 3.05) is 10.6 Å². The number of hydrogen-bond acceptors (Lipinski definition) is 6. The smallest absolute Gasteiger partial charge is 0.457 e. The van der Waals surface area contributed by atoms with E-state index in [2.05, 4.69) is 47.5 Å². The molecule has 46 heavy (non-hydrogen) atoms. The van der Waals surface area contributed by atoms with Gasteiger partial charge < -0.3 is 25.7 Å². The number of carbonyl (C=O) groups excluding carboxylic acids is 2. The summed E-state index contributed by atoms with van der Waals surface area (Å²) in [5.41, 5.74) is 0.797. The first-order valence-corrected chi connectivity index (χ1v) is 15.0. The molecule has 0 fully saturated rings. The van der Waals surface area contributed by atoms with E-state index < -0.39 is 41.4 Å². The van der Waals surface area contributed by atoms with Gasteiger partial charge in [-0.05, 0) is 93.4 Å². The molecule has 2 atom stereocenters. The number of alkyl halides is 5. The number of carbonyl (C=O) groups is 2. The van der Waals surface area contributed by atoms with Crippen LogP contribution in [0.15, 0.2) is 86.5 Å². The van der Waals surface area contributed by atoms with Gasteiger partial charge in [0, 0.05) is 33.1 Å². The molecule has 0 radical (unpaired) electrons. The zero-order chi connectivity index (χ0) is 34.2. The van der Waals surface area contributed by atoms with Gasteiger partial charge in [-0.25, -0.2) is 9.37 Å². The van der Waals surface area contributed by atoms with Crippen LogP contribution in [0.3, 0.4) is 0 Å². The summed E-state index contributed by atoms with van der Waals surface area (Å²) in [6.07, 6.45) is -6.54. The predicted molar refractivity (Wildman–Crippen MR) is 168 cm³/mol. The molecule has 4 rings (SSSR count). The summed E-state index contributed by atoms with van der Waals surface area (Å²) in [6.45, 7) is 1.85. The molecule has 2 aromatic heterocycles. The molecular formula is C28H21Br2Cl2F6N5O3. The quantitative estimate of drug-likeness (QED) is 0.0994. The van der Waals surface area contributed by atoms with Crippen LogP contribution in [0.25, 0.3) is 0 Å². The topological polar surface area (TPSA) is 108 Å². The highest BCUT2D eigenvalue weighted by atomic mass is 79.9. The molecule has 2 unspecified atom stereocenters. The number of anilines is 2. The summed E-state index contributed by atoms with van der Waals surface area (Å²) in [4.78, 5) is 27.9. The summed E-state index contributed by atoms with van der Waals surface area (Å²) in [7, 11) is 0. The maximum Gasteiger partial charge on any atom is 0.457 e. The number of halogens is 10. The first kappa shape index (κ1) is 37.0. The summed E-state index contributed by atoms with van der Waals surface area (Å²) in [5, 5.41) is 9.52. The van der Waals surface area contributed by atoms with Crippen molar-refractivity contribution >= 4 is 78.3 Å². The Bertz CT molecular complexity index is 1640. The highest BCUT2D eigenvalue weighted by Crippen LogP contribution is 2.39. The molecule has 2 aromatic carbocycles. The lowest BCUT2D eigenvalue weighted by molar-refractivity contribution is -0.289. The van der Waals surface area contributed by atoms with Gasteiger partial charge in [0.05, 0.1) is 15.7 Å². The first-order valence-electron chi connectivity index (χ1n) is 12.6. The standard InChI is InChI=1S/C14H8BrClF6N2O2.C14H13BrClN3O/c15-6-3-10(26-5-6)11(25)24-12(13(18,19)14(20,21)22)23-7-1-2-8(16)9(17)4-7;1-9(18-12-5-3-11(16)4-6-12)19-14(20)13-7-2-10(15)8-17-13/h1-5,12,23H,(H,24,25);2-9,18H,1H3,(H,19,20). The van der Waals surface area contributed by atoms with Gasteiger partial charge in [0.15, 0.2) is 11.9 Å². The predicted octanol–water partition coefficient (Wildman–Crippen LogP) is 8.89. The van der Waals surface area contributed by atoms with E-state index in [1.165, 1.54) is 5.32 Å². The Hall–Kier alpha value is -3.47. The van der Waals surface area contributed by atoms with E-state index in [1.807, 2.05) is 19.1 Å². The molecule has 4 aromatic rings. The summed E-state index contributed by atoms with van der Waals surface area (Å²) < 4.78 is 84.9. The third-order valence-corrected chi connectivity index (χ3v) is 7.02. The number of benzene rings is 2. The fourth-order valence-electron chi connectivity index (χ4n) is 3.38. The highest BCUT2D eigenvalue weighted by molar-refractivity contribution is 9.10. The van der Waals surface area contributed by atoms with Gasteiger partial charge in [0.1, 0.15) is 17.8 Å². The Morgan fingerprint density at radius 3 is 2.04 bits per heavy atom. The largest absolute Gasteiger partial charge is 0.458 e. The Morgan fingerprint density at radius 1 is 0.848 bits per heavy atom. The minimum absolute atomic E-state index is 0.228. The molecule has 0 bridgehead atoms. The van der Waals surface area contributed by atoms with Crippen molar-refractivity contribution in [3.63, 3.8) is 0 Å². The van der Waals surface area contributed by atoms with E-state index in [-0.39, 0.29) is 21.6 Å². The fraction of sp³-hybridized carbons (Fsp3) is 0.179. The maximum absolute atomic E-state index is 13.8. The van der Waals surface area contributed by atoms with Crippen LogP contribution < -0.4 is 21.3 Å². The Kier molecular flexibility index (Phi) is 12.8. The molecule has 2 heterocycles. The Labute approximate surface area is 284 Å². The van der Waals surface area contributed by atoms with Crippen molar-refractivity contribution in [2.45, 2.75) is 31.4 Å². The van der Waals surface area contributed by atoms with E-state index in [0.717, 1.165) is 34.6 Å².